The van der Waals surface area contributed by atoms with Crippen molar-refractivity contribution < 1.29 is 14.3 Å². The summed E-state index contributed by atoms with van der Waals surface area (Å²) in [4.78, 5) is 34.3. The predicted octanol–water partition coefficient (Wildman–Crippen LogP) is 4.44. The number of benzene rings is 1. The Hall–Kier alpha value is -4.08. The van der Waals surface area contributed by atoms with Gasteiger partial charge in [0.05, 0.1) is 29.4 Å². The van der Waals surface area contributed by atoms with Crippen molar-refractivity contribution in [2.24, 2.45) is 0 Å². The molecule has 1 saturated heterocycles. The fourth-order valence-electron chi connectivity index (χ4n) is 4.64. The largest absolute Gasteiger partial charge is 0.493 e. The number of hydrogen-bond acceptors (Lipinski definition) is 7. The maximum absolute atomic E-state index is 12.8. The zero-order valence-corrected chi connectivity index (χ0v) is 20.9. The number of likely N-dealkylation sites (tertiary alicyclic amines) is 1. The summed E-state index contributed by atoms with van der Waals surface area (Å²) in [5.74, 6) is 1.26. The third-order valence-corrected chi connectivity index (χ3v) is 6.27. The molecule has 0 spiro atoms. The number of amides is 1. The van der Waals surface area contributed by atoms with Gasteiger partial charge in [-0.3, -0.25) is 4.79 Å². The van der Waals surface area contributed by atoms with E-state index in [1.165, 1.54) is 0 Å². The van der Waals surface area contributed by atoms with Crippen LogP contribution in [0.4, 0.5) is 16.3 Å². The van der Waals surface area contributed by atoms with Gasteiger partial charge in [0, 0.05) is 31.3 Å². The van der Waals surface area contributed by atoms with E-state index in [0.717, 1.165) is 22.3 Å². The number of hydrogen-bond donors (Lipinski definition) is 2. The van der Waals surface area contributed by atoms with Crippen molar-refractivity contribution in [3.05, 3.63) is 58.6 Å². The zero-order valence-electron chi connectivity index (χ0n) is 20.9. The van der Waals surface area contributed by atoms with Gasteiger partial charge in [-0.2, -0.15) is 5.10 Å². The number of rotatable bonds is 4. The molecule has 4 heterocycles. The average molecular weight is 491 g/mol. The van der Waals surface area contributed by atoms with Gasteiger partial charge in [0.25, 0.3) is 5.56 Å². The van der Waals surface area contributed by atoms with Crippen LogP contribution in [0.25, 0.3) is 16.6 Å². The van der Waals surface area contributed by atoms with Gasteiger partial charge in [0.15, 0.2) is 11.6 Å². The van der Waals surface area contributed by atoms with Crippen LogP contribution in [0.5, 0.6) is 5.75 Å². The van der Waals surface area contributed by atoms with Crippen LogP contribution in [0, 0.1) is 0 Å². The van der Waals surface area contributed by atoms with Crippen molar-refractivity contribution in [3.8, 4) is 5.75 Å². The summed E-state index contributed by atoms with van der Waals surface area (Å²) in [6, 6.07) is 11.0. The lowest BCUT2D eigenvalue weighted by Crippen LogP contribution is -2.41. The minimum absolute atomic E-state index is 0.0788. The first-order chi connectivity index (χ1) is 17.2. The Balaban J connectivity index is 1.49. The lowest BCUT2D eigenvalue weighted by molar-refractivity contribution is 0.0203. The van der Waals surface area contributed by atoms with Crippen molar-refractivity contribution in [2.45, 2.75) is 45.1 Å². The van der Waals surface area contributed by atoms with E-state index in [-0.39, 0.29) is 17.6 Å². The maximum atomic E-state index is 12.8. The van der Waals surface area contributed by atoms with Gasteiger partial charge in [-0.05, 0) is 57.9 Å². The highest BCUT2D eigenvalue weighted by Gasteiger charge is 2.29. The number of carbonyl (C=O) groups is 1. The highest BCUT2D eigenvalue weighted by Crippen LogP contribution is 2.34. The van der Waals surface area contributed by atoms with Crippen LogP contribution >= 0.6 is 0 Å². The number of nitrogens with one attached hydrogen (secondary N) is 2. The number of fused-ring (bicyclic) bond motifs is 3. The summed E-state index contributed by atoms with van der Waals surface area (Å²) in [7, 11) is 1.59. The Morgan fingerprint density at radius 3 is 2.67 bits per heavy atom. The van der Waals surface area contributed by atoms with Gasteiger partial charge in [0.2, 0.25) is 0 Å². The molecule has 1 amide bonds. The lowest BCUT2D eigenvalue weighted by atomic mass is 9.93. The highest BCUT2D eigenvalue weighted by molar-refractivity contribution is 6.03. The lowest BCUT2D eigenvalue weighted by Gasteiger charge is -2.33. The minimum atomic E-state index is -0.535. The summed E-state index contributed by atoms with van der Waals surface area (Å²) >= 11 is 0. The number of H-pyrrole nitrogens is 1. The van der Waals surface area contributed by atoms with E-state index in [1.807, 2.05) is 49.6 Å². The van der Waals surface area contributed by atoms with E-state index in [9.17, 15) is 9.59 Å². The number of pyridine rings is 1. The summed E-state index contributed by atoms with van der Waals surface area (Å²) < 4.78 is 12.8. The number of methoxy groups -OCH3 is 1. The van der Waals surface area contributed by atoms with Crippen molar-refractivity contribution in [2.75, 3.05) is 25.5 Å². The maximum Gasteiger partial charge on any atom is 0.410 e. The smallest absolute Gasteiger partial charge is 0.410 e. The molecule has 0 unspecified atom stereocenters. The van der Waals surface area contributed by atoms with E-state index in [2.05, 4.69) is 15.3 Å². The molecule has 4 aromatic rings. The fraction of sp³-hybridized carbons (Fsp3) is 0.385. The topological polar surface area (TPSA) is 114 Å². The Labute approximate surface area is 208 Å². The Bertz CT molecular complexity index is 1480. The fourth-order valence-corrected chi connectivity index (χ4v) is 4.64. The first kappa shape index (κ1) is 23.7. The highest BCUT2D eigenvalue weighted by atomic mass is 16.6. The summed E-state index contributed by atoms with van der Waals surface area (Å²) in [6.45, 7) is 6.70. The van der Waals surface area contributed by atoms with E-state index in [0.29, 0.717) is 43.1 Å². The molecular weight excluding hydrogens is 460 g/mol. The second kappa shape index (κ2) is 9.18. The molecule has 0 radical (unpaired) electrons. The van der Waals surface area contributed by atoms with E-state index < -0.39 is 5.60 Å². The van der Waals surface area contributed by atoms with Crippen molar-refractivity contribution in [3.63, 3.8) is 0 Å². The van der Waals surface area contributed by atoms with Crippen LogP contribution in [-0.2, 0) is 4.74 Å². The number of anilines is 2. The standard InChI is InChI=1S/C26H30N6O4/c1-26(2,3)36-25(34)31-13-10-16(11-14-31)19-15-21(33)29-24-22-17(7-5-8-18(22)30-32(19)24)28-23-20(35-4)9-6-12-27-23/h5-9,12,15-16H,10-11,13-14H2,1-4H3,(H,27,28)(H,29,33). The third kappa shape index (κ3) is 4.58. The Kier molecular flexibility index (Phi) is 6.03. The molecule has 188 valence electrons. The molecule has 0 bridgehead atoms. The van der Waals surface area contributed by atoms with Crippen molar-refractivity contribution in [1.29, 1.82) is 0 Å². The van der Waals surface area contributed by atoms with Gasteiger partial charge in [0.1, 0.15) is 11.2 Å². The quantitative estimate of drug-likeness (QED) is 0.435. The van der Waals surface area contributed by atoms with Gasteiger partial charge < -0.3 is 24.7 Å². The predicted molar refractivity (Wildman–Crippen MR) is 137 cm³/mol. The summed E-state index contributed by atoms with van der Waals surface area (Å²) in [6.07, 6.45) is 2.81. The average Bonchev–Trinajstić information content (AvgIpc) is 3.22. The van der Waals surface area contributed by atoms with Crippen molar-refractivity contribution in [1.82, 2.24) is 24.5 Å². The molecule has 2 N–H and O–H groups in total. The molecule has 1 aliphatic rings. The van der Waals surface area contributed by atoms with Gasteiger partial charge >= 0.3 is 6.09 Å². The first-order valence-electron chi connectivity index (χ1n) is 12.0. The van der Waals surface area contributed by atoms with Crippen LogP contribution in [-0.4, -0.2) is 56.4 Å². The summed E-state index contributed by atoms with van der Waals surface area (Å²) in [5, 5.41) is 8.95. The molecule has 0 saturated carbocycles. The molecule has 1 aliphatic heterocycles. The molecule has 1 aromatic carbocycles. The minimum Gasteiger partial charge on any atom is -0.493 e. The number of aromatic nitrogens is 4. The number of nitrogens with zero attached hydrogens (tertiary/aromatic N) is 4. The van der Waals surface area contributed by atoms with Gasteiger partial charge in [-0.25, -0.2) is 14.3 Å². The molecule has 10 nitrogen and oxygen atoms in total. The number of carbonyl (C=O) groups excluding carboxylic acids is 1. The number of ether oxygens (including phenoxy) is 2. The monoisotopic (exact) mass is 490 g/mol. The second-order valence-corrected chi connectivity index (χ2v) is 9.94. The molecule has 5 rings (SSSR count). The Morgan fingerprint density at radius 1 is 1.17 bits per heavy atom. The second-order valence-electron chi connectivity index (χ2n) is 9.94. The van der Waals surface area contributed by atoms with Crippen LogP contribution in [0.2, 0.25) is 0 Å². The zero-order chi connectivity index (χ0) is 25.4. The van der Waals surface area contributed by atoms with Gasteiger partial charge in [-0.15, -0.1) is 0 Å². The molecule has 0 aliphatic carbocycles. The van der Waals surface area contributed by atoms with E-state index in [4.69, 9.17) is 14.6 Å². The molecule has 10 heteroatoms. The van der Waals surface area contributed by atoms with Gasteiger partial charge in [-0.1, -0.05) is 6.07 Å². The number of piperidine rings is 1. The number of aromatic amines is 1. The normalized spacial score (nSPS) is 14.8. The van der Waals surface area contributed by atoms with Crippen LogP contribution < -0.4 is 15.6 Å². The molecular formula is C26H30N6O4. The molecule has 0 atom stereocenters. The molecule has 36 heavy (non-hydrogen) atoms. The third-order valence-electron chi connectivity index (χ3n) is 6.27. The Morgan fingerprint density at radius 2 is 1.94 bits per heavy atom. The molecule has 3 aromatic heterocycles. The van der Waals surface area contributed by atoms with Crippen LogP contribution in [0.3, 0.4) is 0 Å². The molecule has 1 fully saturated rings. The SMILES string of the molecule is COc1cccnc1Nc1cccc2nn3c(C4CCN(C(=O)OC(C)(C)C)CC4)cc(=O)[nH]c3c12. The van der Waals surface area contributed by atoms with Crippen molar-refractivity contribution >= 4 is 34.1 Å². The van der Waals surface area contributed by atoms with E-state index in [1.54, 1.807) is 30.3 Å². The summed E-state index contributed by atoms with van der Waals surface area (Å²) in [5.41, 5.74) is 2.21. The van der Waals surface area contributed by atoms with Crippen LogP contribution in [0.15, 0.2) is 47.4 Å². The van der Waals surface area contributed by atoms with Crippen LogP contribution in [0.1, 0.15) is 45.2 Å². The van der Waals surface area contributed by atoms with E-state index >= 15 is 0 Å². The first-order valence-corrected chi connectivity index (χ1v) is 12.0.